The third kappa shape index (κ3) is 4.11. The fraction of sp³-hybridized carbons (Fsp3) is 0.471. The number of anilines is 1. The van der Waals surface area contributed by atoms with Crippen LogP contribution in [0.5, 0.6) is 5.88 Å². The Morgan fingerprint density at radius 2 is 2.08 bits per heavy atom. The van der Waals surface area contributed by atoms with Gasteiger partial charge in [0.05, 0.1) is 7.11 Å². The first-order valence-corrected chi connectivity index (χ1v) is 8.14. The minimum absolute atomic E-state index is 0.0296. The average molecular weight is 329 g/mol. The molecule has 0 spiro atoms. The zero-order valence-corrected chi connectivity index (χ0v) is 14.1. The quantitative estimate of drug-likeness (QED) is 0.890. The van der Waals surface area contributed by atoms with Crippen LogP contribution in [-0.4, -0.2) is 45.7 Å². The summed E-state index contributed by atoms with van der Waals surface area (Å²) in [5.74, 6) is 1.37. The molecule has 0 saturated carbocycles. The summed E-state index contributed by atoms with van der Waals surface area (Å²) in [6.07, 6.45) is 5.53. The van der Waals surface area contributed by atoms with E-state index < -0.39 is 0 Å². The molecule has 0 aliphatic carbocycles. The molecule has 1 saturated heterocycles. The standard InChI is InChI=1S/C17H23N5O2/c1-21-10-13(3-4-17(21)23)11-22-7-5-14(6-8-22)20-15-9-16(24-2)19-12-18-15/h3-4,9-10,12,14H,5-8,11H2,1-2H3,(H,18,19,20). The van der Waals surface area contributed by atoms with Crippen molar-refractivity contribution in [2.75, 3.05) is 25.5 Å². The number of aryl methyl sites for hydroxylation is 1. The Balaban J connectivity index is 1.51. The third-order valence-corrected chi connectivity index (χ3v) is 4.34. The van der Waals surface area contributed by atoms with Gasteiger partial charge in [-0.1, -0.05) is 6.07 Å². The minimum atomic E-state index is 0.0296. The maximum atomic E-state index is 11.4. The van der Waals surface area contributed by atoms with Crippen molar-refractivity contribution in [1.29, 1.82) is 0 Å². The number of hydrogen-bond donors (Lipinski definition) is 1. The number of nitrogens with zero attached hydrogens (tertiary/aromatic N) is 4. The number of methoxy groups -OCH3 is 1. The lowest BCUT2D eigenvalue weighted by atomic mass is 10.0. The fourth-order valence-corrected chi connectivity index (χ4v) is 2.98. The summed E-state index contributed by atoms with van der Waals surface area (Å²) in [7, 11) is 3.39. The van der Waals surface area contributed by atoms with Crippen molar-refractivity contribution in [3.63, 3.8) is 0 Å². The maximum absolute atomic E-state index is 11.4. The molecule has 0 unspecified atom stereocenters. The van der Waals surface area contributed by atoms with E-state index in [4.69, 9.17) is 4.74 Å². The number of piperidine rings is 1. The molecule has 7 heteroatoms. The zero-order chi connectivity index (χ0) is 16.9. The molecule has 7 nitrogen and oxygen atoms in total. The van der Waals surface area contributed by atoms with Crippen molar-refractivity contribution in [2.45, 2.75) is 25.4 Å². The van der Waals surface area contributed by atoms with E-state index in [2.05, 4.69) is 20.2 Å². The Labute approximate surface area is 141 Å². The van der Waals surface area contributed by atoms with E-state index in [-0.39, 0.29) is 5.56 Å². The highest BCUT2D eigenvalue weighted by Crippen LogP contribution is 2.18. The van der Waals surface area contributed by atoms with Gasteiger partial charge in [-0.2, -0.15) is 0 Å². The van der Waals surface area contributed by atoms with Crippen LogP contribution in [0.2, 0.25) is 0 Å². The van der Waals surface area contributed by atoms with Crippen molar-refractivity contribution in [3.05, 3.63) is 46.6 Å². The summed E-state index contributed by atoms with van der Waals surface area (Å²) in [6.45, 7) is 2.91. The van der Waals surface area contributed by atoms with E-state index >= 15 is 0 Å². The van der Waals surface area contributed by atoms with Gasteiger partial charge in [0, 0.05) is 51.1 Å². The number of pyridine rings is 1. The van der Waals surface area contributed by atoms with Gasteiger partial charge in [-0.15, -0.1) is 0 Å². The highest BCUT2D eigenvalue weighted by molar-refractivity contribution is 5.38. The number of ether oxygens (including phenoxy) is 1. The molecule has 1 fully saturated rings. The predicted octanol–water partition coefficient (Wildman–Crippen LogP) is 1.26. The smallest absolute Gasteiger partial charge is 0.250 e. The van der Waals surface area contributed by atoms with Gasteiger partial charge in [0.25, 0.3) is 0 Å². The highest BCUT2D eigenvalue weighted by Gasteiger charge is 2.19. The monoisotopic (exact) mass is 329 g/mol. The van der Waals surface area contributed by atoms with Gasteiger partial charge in [-0.3, -0.25) is 9.69 Å². The largest absolute Gasteiger partial charge is 0.481 e. The van der Waals surface area contributed by atoms with Crippen LogP contribution >= 0.6 is 0 Å². The van der Waals surface area contributed by atoms with E-state index in [1.54, 1.807) is 24.8 Å². The van der Waals surface area contributed by atoms with Crippen LogP contribution in [0.15, 0.2) is 35.5 Å². The molecule has 0 radical (unpaired) electrons. The molecule has 3 rings (SSSR count). The topological polar surface area (TPSA) is 72.3 Å². The van der Waals surface area contributed by atoms with Crippen molar-refractivity contribution in [1.82, 2.24) is 19.4 Å². The molecule has 128 valence electrons. The minimum Gasteiger partial charge on any atom is -0.481 e. The Morgan fingerprint density at radius 3 is 2.79 bits per heavy atom. The summed E-state index contributed by atoms with van der Waals surface area (Å²) in [6, 6.07) is 5.77. The molecule has 2 aromatic heterocycles. The number of hydrogen-bond acceptors (Lipinski definition) is 6. The number of rotatable bonds is 5. The average Bonchev–Trinajstić information content (AvgIpc) is 2.60. The molecule has 24 heavy (non-hydrogen) atoms. The molecule has 1 aliphatic heterocycles. The van der Waals surface area contributed by atoms with Crippen LogP contribution in [-0.2, 0) is 13.6 Å². The molecule has 1 aliphatic rings. The van der Waals surface area contributed by atoms with Crippen molar-refractivity contribution < 1.29 is 4.74 Å². The Hall–Kier alpha value is -2.41. The van der Waals surface area contributed by atoms with Crippen LogP contribution in [0.3, 0.4) is 0 Å². The van der Waals surface area contributed by atoms with Crippen LogP contribution in [0.25, 0.3) is 0 Å². The Bertz CT molecular complexity index is 738. The molecule has 0 aromatic carbocycles. The van der Waals surface area contributed by atoms with Gasteiger partial charge >= 0.3 is 0 Å². The Kier molecular flexibility index (Phi) is 5.10. The first kappa shape index (κ1) is 16.4. The van der Waals surface area contributed by atoms with E-state index in [1.165, 1.54) is 11.9 Å². The summed E-state index contributed by atoms with van der Waals surface area (Å²) >= 11 is 0. The lowest BCUT2D eigenvalue weighted by Gasteiger charge is -2.32. The van der Waals surface area contributed by atoms with Gasteiger partial charge in [0.15, 0.2) is 0 Å². The maximum Gasteiger partial charge on any atom is 0.250 e. The van der Waals surface area contributed by atoms with Crippen molar-refractivity contribution in [2.24, 2.45) is 7.05 Å². The predicted molar refractivity (Wildman–Crippen MR) is 92.2 cm³/mol. The number of nitrogens with one attached hydrogen (secondary N) is 1. The SMILES string of the molecule is COc1cc(NC2CCN(Cc3ccc(=O)n(C)c3)CC2)ncn1. The molecular formula is C17H23N5O2. The van der Waals surface area contributed by atoms with Gasteiger partial charge in [-0.05, 0) is 18.4 Å². The van der Waals surface area contributed by atoms with Crippen LogP contribution in [0.1, 0.15) is 18.4 Å². The van der Waals surface area contributed by atoms with E-state index in [9.17, 15) is 4.79 Å². The van der Waals surface area contributed by atoms with Gasteiger partial charge < -0.3 is 14.6 Å². The van der Waals surface area contributed by atoms with E-state index in [0.29, 0.717) is 11.9 Å². The van der Waals surface area contributed by atoms with Crippen LogP contribution in [0, 0.1) is 0 Å². The first-order chi connectivity index (χ1) is 11.6. The lowest BCUT2D eigenvalue weighted by molar-refractivity contribution is 0.210. The molecule has 2 aromatic rings. The second-order valence-corrected chi connectivity index (χ2v) is 6.13. The lowest BCUT2D eigenvalue weighted by Crippen LogP contribution is -2.39. The second-order valence-electron chi connectivity index (χ2n) is 6.13. The molecule has 1 N–H and O–H groups in total. The van der Waals surface area contributed by atoms with Crippen LogP contribution in [0.4, 0.5) is 5.82 Å². The van der Waals surface area contributed by atoms with Crippen molar-refractivity contribution >= 4 is 5.82 Å². The van der Waals surface area contributed by atoms with Gasteiger partial charge in [0.1, 0.15) is 12.1 Å². The summed E-state index contributed by atoms with van der Waals surface area (Å²) < 4.78 is 6.75. The molecule has 0 amide bonds. The molecule has 0 bridgehead atoms. The number of aromatic nitrogens is 3. The molecule has 0 atom stereocenters. The fourth-order valence-electron chi connectivity index (χ4n) is 2.98. The highest BCUT2D eigenvalue weighted by atomic mass is 16.5. The zero-order valence-electron chi connectivity index (χ0n) is 14.1. The first-order valence-electron chi connectivity index (χ1n) is 8.14. The van der Waals surface area contributed by atoms with Gasteiger partial charge in [-0.25, -0.2) is 9.97 Å². The second kappa shape index (κ2) is 7.44. The number of likely N-dealkylation sites (tertiary alicyclic amines) is 1. The summed E-state index contributed by atoms with van der Waals surface area (Å²) in [5.41, 5.74) is 1.20. The van der Waals surface area contributed by atoms with Gasteiger partial charge in [0.2, 0.25) is 11.4 Å². The van der Waals surface area contributed by atoms with E-state index in [1.807, 2.05) is 18.3 Å². The summed E-state index contributed by atoms with van der Waals surface area (Å²) in [5, 5.41) is 3.45. The van der Waals surface area contributed by atoms with Crippen molar-refractivity contribution in [3.8, 4) is 5.88 Å². The van der Waals surface area contributed by atoms with E-state index in [0.717, 1.165) is 38.3 Å². The van der Waals surface area contributed by atoms with Crippen LogP contribution < -0.4 is 15.6 Å². The Morgan fingerprint density at radius 1 is 1.29 bits per heavy atom. The molecule has 3 heterocycles. The molecular weight excluding hydrogens is 306 g/mol. The normalized spacial score (nSPS) is 16.1. The third-order valence-electron chi connectivity index (χ3n) is 4.34. The summed E-state index contributed by atoms with van der Waals surface area (Å²) in [4.78, 5) is 22.1.